The van der Waals surface area contributed by atoms with Crippen molar-refractivity contribution in [2.75, 3.05) is 26.3 Å². The van der Waals surface area contributed by atoms with Crippen LogP contribution in [0.2, 0.25) is 5.15 Å². The number of nitrogens with zero attached hydrogens (tertiary/aromatic N) is 3. The Morgan fingerprint density at radius 1 is 1.50 bits per heavy atom. The van der Waals surface area contributed by atoms with E-state index in [4.69, 9.17) is 21.6 Å². The van der Waals surface area contributed by atoms with Gasteiger partial charge in [-0.25, -0.2) is 4.98 Å². The molecule has 2 rings (SSSR count). The first-order chi connectivity index (χ1) is 7.79. The molecule has 1 aromatic rings. The fraction of sp³-hybridized carbons (Fsp3) is 0.455. The van der Waals surface area contributed by atoms with Gasteiger partial charge in [-0.3, -0.25) is 4.90 Å². The Hall–Kier alpha value is -1.15. The summed E-state index contributed by atoms with van der Waals surface area (Å²) in [6, 6.07) is 3.83. The third-order valence-electron chi connectivity index (χ3n) is 2.53. The quantitative estimate of drug-likeness (QED) is 0.731. The standard InChI is InChI=1S/C11H12ClN3O/c12-11-10(6-13)5-9(7-14-11)8-15-1-3-16-4-2-15/h5,7H,1-4,8H2. The normalized spacial score (nSPS) is 17.0. The van der Waals surface area contributed by atoms with Crippen LogP contribution in [0.5, 0.6) is 0 Å². The fourth-order valence-corrected chi connectivity index (χ4v) is 1.82. The number of aromatic nitrogens is 1. The molecule has 0 bridgehead atoms. The number of hydrogen-bond donors (Lipinski definition) is 0. The molecule has 0 aromatic carbocycles. The van der Waals surface area contributed by atoms with E-state index < -0.39 is 0 Å². The van der Waals surface area contributed by atoms with Gasteiger partial charge < -0.3 is 4.74 Å². The van der Waals surface area contributed by atoms with E-state index in [0.29, 0.717) is 5.56 Å². The molecule has 16 heavy (non-hydrogen) atoms. The number of halogens is 1. The number of nitriles is 1. The van der Waals surface area contributed by atoms with Crippen molar-refractivity contribution in [3.8, 4) is 6.07 Å². The number of hydrogen-bond acceptors (Lipinski definition) is 4. The first kappa shape index (κ1) is 11.3. The van der Waals surface area contributed by atoms with Gasteiger partial charge in [-0.15, -0.1) is 0 Å². The lowest BCUT2D eigenvalue weighted by Crippen LogP contribution is -2.35. The summed E-state index contributed by atoms with van der Waals surface area (Å²) in [7, 11) is 0. The van der Waals surface area contributed by atoms with Crippen molar-refractivity contribution < 1.29 is 4.74 Å². The second-order valence-corrected chi connectivity index (χ2v) is 4.04. The van der Waals surface area contributed by atoms with Crippen LogP contribution in [0.15, 0.2) is 12.3 Å². The molecule has 1 fully saturated rings. The molecule has 0 N–H and O–H groups in total. The first-order valence-electron chi connectivity index (χ1n) is 5.14. The van der Waals surface area contributed by atoms with Gasteiger partial charge in [-0.1, -0.05) is 11.6 Å². The first-order valence-corrected chi connectivity index (χ1v) is 5.52. The molecule has 5 heteroatoms. The third-order valence-corrected chi connectivity index (χ3v) is 2.83. The average Bonchev–Trinajstić information content (AvgIpc) is 2.33. The van der Waals surface area contributed by atoms with E-state index in [1.54, 1.807) is 12.3 Å². The van der Waals surface area contributed by atoms with Gasteiger partial charge in [-0.05, 0) is 11.6 Å². The van der Waals surface area contributed by atoms with Gasteiger partial charge in [0.2, 0.25) is 0 Å². The van der Waals surface area contributed by atoms with Gasteiger partial charge in [0.05, 0.1) is 18.8 Å². The molecule has 0 unspecified atom stereocenters. The smallest absolute Gasteiger partial charge is 0.146 e. The van der Waals surface area contributed by atoms with E-state index in [1.165, 1.54) is 0 Å². The molecule has 0 spiro atoms. The van der Waals surface area contributed by atoms with Crippen LogP contribution in [0.4, 0.5) is 0 Å². The summed E-state index contributed by atoms with van der Waals surface area (Å²) in [6.07, 6.45) is 1.72. The summed E-state index contributed by atoms with van der Waals surface area (Å²) >= 11 is 5.77. The zero-order valence-electron chi connectivity index (χ0n) is 8.82. The fourth-order valence-electron chi connectivity index (χ4n) is 1.67. The lowest BCUT2D eigenvalue weighted by molar-refractivity contribution is 0.0341. The predicted molar refractivity (Wildman–Crippen MR) is 60.1 cm³/mol. The monoisotopic (exact) mass is 237 g/mol. The molecule has 1 aliphatic heterocycles. The van der Waals surface area contributed by atoms with Gasteiger partial charge in [-0.2, -0.15) is 5.26 Å². The van der Waals surface area contributed by atoms with Crippen molar-refractivity contribution in [1.82, 2.24) is 9.88 Å². The summed E-state index contributed by atoms with van der Waals surface area (Å²) in [6.45, 7) is 4.18. The van der Waals surface area contributed by atoms with E-state index in [9.17, 15) is 0 Å². The largest absolute Gasteiger partial charge is 0.379 e. The molecule has 84 valence electrons. The molecular formula is C11H12ClN3O. The average molecular weight is 238 g/mol. The SMILES string of the molecule is N#Cc1cc(CN2CCOCC2)cnc1Cl. The van der Waals surface area contributed by atoms with Gasteiger partial charge >= 0.3 is 0 Å². The summed E-state index contributed by atoms with van der Waals surface area (Å²) in [4.78, 5) is 6.27. The maximum Gasteiger partial charge on any atom is 0.146 e. The Kier molecular flexibility index (Phi) is 3.73. The maximum absolute atomic E-state index is 8.84. The second kappa shape index (κ2) is 5.26. The zero-order chi connectivity index (χ0) is 11.4. The number of ether oxygens (including phenoxy) is 1. The summed E-state index contributed by atoms with van der Waals surface area (Å²) < 4.78 is 5.27. The van der Waals surface area contributed by atoms with E-state index in [0.717, 1.165) is 38.4 Å². The van der Waals surface area contributed by atoms with E-state index >= 15 is 0 Å². The highest BCUT2D eigenvalue weighted by Gasteiger charge is 2.11. The zero-order valence-corrected chi connectivity index (χ0v) is 9.57. The molecule has 1 aromatic heterocycles. The summed E-state index contributed by atoms with van der Waals surface area (Å²) in [5.74, 6) is 0. The number of morpholine rings is 1. The minimum Gasteiger partial charge on any atom is -0.379 e. The molecule has 0 aliphatic carbocycles. The van der Waals surface area contributed by atoms with E-state index in [2.05, 4.69) is 9.88 Å². The van der Waals surface area contributed by atoms with Crippen molar-refractivity contribution >= 4 is 11.6 Å². The molecule has 1 aliphatic rings. The predicted octanol–water partition coefficient (Wildman–Crippen LogP) is 1.44. The summed E-state index contributed by atoms with van der Waals surface area (Å²) in [5.41, 5.74) is 1.45. The van der Waals surface area contributed by atoms with Crippen LogP contribution in [-0.2, 0) is 11.3 Å². The Balaban J connectivity index is 2.06. The lowest BCUT2D eigenvalue weighted by atomic mass is 10.2. The van der Waals surface area contributed by atoms with E-state index in [-0.39, 0.29) is 5.15 Å². The van der Waals surface area contributed by atoms with Crippen LogP contribution in [0.1, 0.15) is 11.1 Å². The molecule has 0 saturated carbocycles. The molecule has 0 amide bonds. The van der Waals surface area contributed by atoms with Crippen LogP contribution in [0.25, 0.3) is 0 Å². The molecular weight excluding hydrogens is 226 g/mol. The number of rotatable bonds is 2. The lowest BCUT2D eigenvalue weighted by Gasteiger charge is -2.26. The Labute approximate surface area is 99.4 Å². The molecule has 0 atom stereocenters. The minimum absolute atomic E-state index is 0.272. The number of pyridine rings is 1. The molecule has 0 radical (unpaired) electrons. The topological polar surface area (TPSA) is 49.2 Å². The van der Waals surface area contributed by atoms with Crippen LogP contribution in [-0.4, -0.2) is 36.2 Å². The maximum atomic E-state index is 8.84. The van der Waals surface area contributed by atoms with Crippen LogP contribution >= 0.6 is 11.6 Å². The third kappa shape index (κ3) is 2.70. The van der Waals surface area contributed by atoms with Gasteiger partial charge in [0.25, 0.3) is 0 Å². The van der Waals surface area contributed by atoms with Crippen LogP contribution in [0, 0.1) is 11.3 Å². The van der Waals surface area contributed by atoms with Gasteiger partial charge in [0, 0.05) is 25.8 Å². The summed E-state index contributed by atoms with van der Waals surface area (Å²) in [5, 5.41) is 9.11. The van der Waals surface area contributed by atoms with Crippen LogP contribution < -0.4 is 0 Å². The Morgan fingerprint density at radius 3 is 2.94 bits per heavy atom. The van der Waals surface area contributed by atoms with Crippen molar-refractivity contribution in [3.05, 3.63) is 28.5 Å². The van der Waals surface area contributed by atoms with Crippen LogP contribution in [0.3, 0.4) is 0 Å². The van der Waals surface area contributed by atoms with Gasteiger partial charge in [0.15, 0.2) is 0 Å². The van der Waals surface area contributed by atoms with Crippen molar-refractivity contribution in [2.24, 2.45) is 0 Å². The van der Waals surface area contributed by atoms with Crippen molar-refractivity contribution in [1.29, 1.82) is 5.26 Å². The highest BCUT2D eigenvalue weighted by atomic mass is 35.5. The molecule has 2 heterocycles. The minimum atomic E-state index is 0.272. The second-order valence-electron chi connectivity index (χ2n) is 3.68. The highest BCUT2D eigenvalue weighted by Crippen LogP contribution is 2.14. The molecule has 1 saturated heterocycles. The Morgan fingerprint density at radius 2 is 2.25 bits per heavy atom. The Bertz CT molecular complexity index is 410. The molecule has 4 nitrogen and oxygen atoms in total. The van der Waals surface area contributed by atoms with Gasteiger partial charge in [0.1, 0.15) is 11.2 Å². The van der Waals surface area contributed by atoms with Crippen molar-refractivity contribution in [3.63, 3.8) is 0 Å². The van der Waals surface area contributed by atoms with Crippen molar-refractivity contribution in [2.45, 2.75) is 6.54 Å². The highest BCUT2D eigenvalue weighted by molar-refractivity contribution is 6.30. The van der Waals surface area contributed by atoms with E-state index in [1.807, 2.05) is 6.07 Å².